The van der Waals surface area contributed by atoms with Crippen molar-refractivity contribution in [2.75, 3.05) is 13.1 Å². The van der Waals surface area contributed by atoms with Gasteiger partial charge < -0.3 is 10.0 Å². The summed E-state index contributed by atoms with van der Waals surface area (Å²) in [7, 11) is 0. The van der Waals surface area contributed by atoms with E-state index in [1.54, 1.807) is 6.92 Å². The lowest BCUT2D eigenvalue weighted by Gasteiger charge is -2.35. The fraction of sp³-hybridized carbons (Fsp3) is 0.500. The first-order valence-electron chi connectivity index (χ1n) is 7.10. The van der Waals surface area contributed by atoms with Crippen LogP contribution in [0.25, 0.3) is 0 Å². The molecule has 0 aliphatic carbocycles. The fourth-order valence-corrected chi connectivity index (χ4v) is 3.06. The highest BCUT2D eigenvalue weighted by Gasteiger charge is 2.29. The summed E-state index contributed by atoms with van der Waals surface area (Å²) in [6.07, 6.45) is 1.92. The summed E-state index contributed by atoms with van der Waals surface area (Å²) in [6.45, 7) is 3.07. The van der Waals surface area contributed by atoms with Gasteiger partial charge in [-0.05, 0) is 30.2 Å². The minimum absolute atomic E-state index is 0.0443. The van der Waals surface area contributed by atoms with E-state index >= 15 is 0 Å². The monoisotopic (exact) mass is 275 g/mol. The number of carboxylic acid groups (broad SMARTS) is 1. The van der Waals surface area contributed by atoms with Crippen LogP contribution >= 0.6 is 0 Å². The van der Waals surface area contributed by atoms with Crippen LogP contribution in [0.3, 0.4) is 0 Å². The number of carbonyl (C=O) groups excluding carboxylic acids is 1. The molecule has 1 unspecified atom stereocenters. The van der Waals surface area contributed by atoms with Gasteiger partial charge in [-0.1, -0.05) is 30.3 Å². The fourth-order valence-electron chi connectivity index (χ4n) is 3.06. The second-order valence-corrected chi connectivity index (χ2v) is 5.46. The Morgan fingerprint density at radius 3 is 2.35 bits per heavy atom. The van der Waals surface area contributed by atoms with Gasteiger partial charge in [0.1, 0.15) is 0 Å². The van der Waals surface area contributed by atoms with Crippen molar-refractivity contribution in [2.24, 2.45) is 5.92 Å². The zero-order valence-electron chi connectivity index (χ0n) is 11.8. The van der Waals surface area contributed by atoms with E-state index in [0.717, 1.165) is 31.5 Å². The Labute approximate surface area is 119 Å². The summed E-state index contributed by atoms with van der Waals surface area (Å²) >= 11 is 0. The zero-order valence-corrected chi connectivity index (χ0v) is 11.8. The predicted molar refractivity (Wildman–Crippen MR) is 76.4 cm³/mol. The molecule has 1 aliphatic rings. The van der Waals surface area contributed by atoms with Gasteiger partial charge in [-0.3, -0.25) is 9.59 Å². The molecule has 1 atom stereocenters. The third-order valence-corrected chi connectivity index (χ3v) is 4.18. The number of piperidine rings is 1. The van der Waals surface area contributed by atoms with Gasteiger partial charge in [-0.25, -0.2) is 0 Å². The number of carbonyl (C=O) groups is 2. The second-order valence-electron chi connectivity index (χ2n) is 5.46. The second kappa shape index (κ2) is 6.55. The highest BCUT2D eigenvalue weighted by Crippen LogP contribution is 2.35. The van der Waals surface area contributed by atoms with Crippen molar-refractivity contribution in [3.8, 4) is 0 Å². The standard InChI is InChI=1S/C16H21NO3/c1-12(18)17-9-7-14(8-10-17)15(11-16(19)20)13-5-3-2-4-6-13/h2-6,14-15H,7-11H2,1H3,(H,19,20). The minimum Gasteiger partial charge on any atom is -0.481 e. The summed E-state index contributed by atoms with van der Waals surface area (Å²) in [4.78, 5) is 24.3. The first kappa shape index (κ1) is 14.6. The third kappa shape index (κ3) is 3.59. The maximum atomic E-state index is 11.4. The van der Waals surface area contributed by atoms with Crippen molar-refractivity contribution in [1.29, 1.82) is 0 Å². The molecule has 1 amide bonds. The number of carboxylic acids is 1. The van der Waals surface area contributed by atoms with Crippen LogP contribution < -0.4 is 0 Å². The van der Waals surface area contributed by atoms with Gasteiger partial charge in [0.25, 0.3) is 0 Å². The van der Waals surface area contributed by atoms with Crippen LogP contribution in [0.1, 0.15) is 37.7 Å². The molecule has 1 heterocycles. The lowest BCUT2D eigenvalue weighted by atomic mass is 9.78. The Morgan fingerprint density at radius 2 is 1.85 bits per heavy atom. The van der Waals surface area contributed by atoms with Crippen LogP contribution in [0.4, 0.5) is 0 Å². The van der Waals surface area contributed by atoms with E-state index in [-0.39, 0.29) is 18.2 Å². The van der Waals surface area contributed by atoms with Gasteiger partial charge in [-0.15, -0.1) is 0 Å². The van der Waals surface area contributed by atoms with Gasteiger partial charge >= 0.3 is 5.97 Å². The molecule has 0 bridgehead atoms. The summed E-state index contributed by atoms with van der Waals surface area (Å²) < 4.78 is 0. The Hall–Kier alpha value is -1.84. The van der Waals surface area contributed by atoms with Crippen molar-refractivity contribution in [3.05, 3.63) is 35.9 Å². The molecule has 1 saturated heterocycles. The molecule has 4 heteroatoms. The Morgan fingerprint density at radius 1 is 1.25 bits per heavy atom. The van der Waals surface area contributed by atoms with Crippen molar-refractivity contribution >= 4 is 11.9 Å². The summed E-state index contributed by atoms with van der Waals surface area (Å²) in [6, 6.07) is 9.86. The van der Waals surface area contributed by atoms with E-state index in [2.05, 4.69) is 0 Å². The Kier molecular flexibility index (Phi) is 4.77. The molecular formula is C16H21NO3. The van der Waals surface area contributed by atoms with E-state index in [4.69, 9.17) is 5.11 Å². The Balaban J connectivity index is 2.09. The van der Waals surface area contributed by atoms with Crippen molar-refractivity contribution in [2.45, 2.75) is 32.1 Å². The summed E-state index contributed by atoms with van der Waals surface area (Å²) in [5.41, 5.74) is 1.09. The van der Waals surface area contributed by atoms with Crippen LogP contribution in [-0.4, -0.2) is 35.0 Å². The number of likely N-dealkylation sites (tertiary alicyclic amines) is 1. The average molecular weight is 275 g/mol. The molecule has 1 N–H and O–H groups in total. The molecule has 1 aromatic carbocycles. The van der Waals surface area contributed by atoms with Crippen LogP contribution in [0.5, 0.6) is 0 Å². The van der Waals surface area contributed by atoms with Gasteiger partial charge in [0, 0.05) is 20.0 Å². The van der Waals surface area contributed by atoms with Crippen molar-refractivity contribution in [1.82, 2.24) is 4.90 Å². The molecular weight excluding hydrogens is 254 g/mol. The molecule has 1 aliphatic heterocycles. The number of aliphatic carboxylic acids is 1. The van der Waals surface area contributed by atoms with Gasteiger partial charge in [0.05, 0.1) is 6.42 Å². The average Bonchev–Trinajstić information content (AvgIpc) is 2.45. The molecule has 1 fully saturated rings. The molecule has 20 heavy (non-hydrogen) atoms. The number of nitrogens with zero attached hydrogens (tertiary/aromatic N) is 1. The molecule has 0 aromatic heterocycles. The quantitative estimate of drug-likeness (QED) is 0.918. The van der Waals surface area contributed by atoms with Gasteiger partial charge in [0.2, 0.25) is 5.91 Å². The summed E-state index contributed by atoms with van der Waals surface area (Å²) in [5.74, 6) is -0.266. The molecule has 0 radical (unpaired) electrons. The van der Waals surface area contributed by atoms with E-state index in [0.29, 0.717) is 5.92 Å². The SMILES string of the molecule is CC(=O)N1CCC(C(CC(=O)O)c2ccccc2)CC1. The molecule has 0 spiro atoms. The van der Waals surface area contributed by atoms with Crippen LogP contribution in [0.2, 0.25) is 0 Å². The predicted octanol–water partition coefficient (Wildman–Crippen LogP) is 2.50. The first-order valence-corrected chi connectivity index (χ1v) is 7.10. The minimum atomic E-state index is -0.757. The number of hydrogen-bond donors (Lipinski definition) is 1. The van der Waals surface area contributed by atoms with Crippen molar-refractivity contribution < 1.29 is 14.7 Å². The molecule has 2 rings (SSSR count). The largest absolute Gasteiger partial charge is 0.481 e. The van der Waals surface area contributed by atoms with E-state index in [1.807, 2.05) is 35.2 Å². The third-order valence-electron chi connectivity index (χ3n) is 4.18. The normalized spacial score (nSPS) is 17.8. The maximum absolute atomic E-state index is 11.4. The lowest BCUT2D eigenvalue weighted by molar-refractivity contribution is -0.138. The van der Waals surface area contributed by atoms with Crippen LogP contribution in [0, 0.1) is 5.92 Å². The lowest BCUT2D eigenvalue weighted by Crippen LogP contribution is -2.38. The Bertz CT molecular complexity index is 464. The van der Waals surface area contributed by atoms with E-state index in [1.165, 1.54) is 0 Å². The first-order chi connectivity index (χ1) is 9.58. The molecule has 4 nitrogen and oxygen atoms in total. The topological polar surface area (TPSA) is 57.6 Å². The summed E-state index contributed by atoms with van der Waals surface area (Å²) in [5, 5.41) is 9.15. The van der Waals surface area contributed by atoms with E-state index < -0.39 is 5.97 Å². The van der Waals surface area contributed by atoms with Crippen LogP contribution in [0.15, 0.2) is 30.3 Å². The van der Waals surface area contributed by atoms with Gasteiger partial charge in [-0.2, -0.15) is 0 Å². The maximum Gasteiger partial charge on any atom is 0.303 e. The van der Waals surface area contributed by atoms with Crippen LogP contribution in [-0.2, 0) is 9.59 Å². The number of amides is 1. The number of hydrogen-bond acceptors (Lipinski definition) is 2. The van der Waals surface area contributed by atoms with Gasteiger partial charge in [0.15, 0.2) is 0 Å². The number of rotatable bonds is 4. The molecule has 0 saturated carbocycles. The zero-order chi connectivity index (χ0) is 14.5. The van der Waals surface area contributed by atoms with E-state index in [9.17, 15) is 9.59 Å². The molecule has 108 valence electrons. The highest BCUT2D eigenvalue weighted by molar-refractivity contribution is 5.73. The van der Waals surface area contributed by atoms with Crippen molar-refractivity contribution in [3.63, 3.8) is 0 Å². The smallest absolute Gasteiger partial charge is 0.303 e. The number of benzene rings is 1. The highest BCUT2D eigenvalue weighted by atomic mass is 16.4. The molecule has 1 aromatic rings.